The number of nitrogens with zero attached hydrogens (tertiary/aromatic N) is 1. The van der Waals surface area contributed by atoms with Gasteiger partial charge < -0.3 is 32.8 Å². The van der Waals surface area contributed by atoms with E-state index in [0.29, 0.717) is 0 Å². The molecule has 1 aromatic heterocycles. The summed E-state index contributed by atoms with van der Waals surface area (Å²) in [7, 11) is 1.87. The minimum atomic E-state index is -0.191. The van der Waals surface area contributed by atoms with E-state index in [-0.39, 0.29) is 35.4 Å². The number of aromatic hydroxyl groups is 4. The highest BCUT2D eigenvalue weighted by Crippen LogP contribution is 2.36. The second-order valence-corrected chi connectivity index (χ2v) is 5.31. The number of benzene rings is 2. The average Bonchev–Trinajstić information content (AvgIpc) is 2.48. The lowest BCUT2D eigenvalue weighted by molar-refractivity contribution is -0.00000804. The van der Waals surface area contributed by atoms with E-state index in [0.717, 1.165) is 27.7 Å². The normalized spacial score (nSPS) is 10.5. The fourth-order valence-corrected chi connectivity index (χ4v) is 2.59. The van der Waals surface area contributed by atoms with Gasteiger partial charge in [0.15, 0.2) is 17.2 Å². The summed E-state index contributed by atoms with van der Waals surface area (Å²) in [5, 5.41) is 40.1. The molecule has 5 nitrogen and oxygen atoms in total. The summed E-state index contributed by atoms with van der Waals surface area (Å²) in [6.45, 7) is 1.91. The summed E-state index contributed by atoms with van der Waals surface area (Å²) in [6, 6.07) is 9.50. The first-order chi connectivity index (χ1) is 10.4. The largest absolute Gasteiger partial charge is 1.00 e. The molecule has 23 heavy (non-hydrogen) atoms. The fourth-order valence-electron chi connectivity index (χ4n) is 2.59. The third-order valence-electron chi connectivity index (χ3n) is 3.96. The average molecular weight is 334 g/mol. The zero-order valence-corrected chi connectivity index (χ0v) is 13.3. The van der Waals surface area contributed by atoms with Crippen molar-refractivity contribution in [3.8, 4) is 34.3 Å². The van der Waals surface area contributed by atoms with Crippen LogP contribution in [0, 0.1) is 6.92 Å². The van der Waals surface area contributed by atoms with Crippen LogP contribution in [0.15, 0.2) is 36.4 Å². The Morgan fingerprint density at radius 1 is 0.826 bits per heavy atom. The third kappa shape index (κ3) is 2.71. The van der Waals surface area contributed by atoms with Gasteiger partial charge in [0.25, 0.3) is 0 Å². The van der Waals surface area contributed by atoms with Crippen molar-refractivity contribution in [1.82, 2.24) is 4.57 Å². The summed E-state index contributed by atoms with van der Waals surface area (Å²) in [4.78, 5) is 0. The molecule has 4 N–H and O–H groups in total. The number of phenols is 4. The summed E-state index contributed by atoms with van der Waals surface area (Å²) >= 11 is 0. The quantitative estimate of drug-likeness (QED) is 0.380. The van der Waals surface area contributed by atoms with Gasteiger partial charge in [0, 0.05) is 31.7 Å². The first kappa shape index (κ1) is 16.7. The molecule has 0 bridgehead atoms. The molecule has 0 amide bonds. The number of rotatable bonds is 1. The minimum Gasteiger partial charge on any atom is -1.00 e. The molecule has 0 aliphatic rings. The Bertz CT molecular complexity index is 909. The number of hydrogen-bond acceptors (Lipinski definition) is 4. The highest BCUT2D eigenvalue weighted by Gasteiger charge is 2.18. The van der Waals surface area contributed by atoms with Crippen LogP contribution >= 0.6 is 0 Å². The number of phenolic OH excluding ortho intramolecular Hbond substituents is 4. The van der Waals surface area contributed by atoms with Crippen LogP contribution in [-0.4, -0.2) is 25.0 Å². The van der Waals surface area contributed by atoms with E-state index >= 15 is 0 Å². The van der Waals surface area contributed by atoms with Crippen molar-refractivity contribution in [1.29, 1.82) is 0 Å². The molecular weight excluding hydrogens is 318 g/mol. The van der Waals surface area contributed by atoms with Crippen LogP contribution in [-0.2, 0) is 7.05 Å². The minimum absolute atomic E-state index is 0. The lowest BCUT2D eigenvalue weighted by atomic mass is 10.0. The van der Waals surface area contributed by atoms with Crippen molar-refractivity contribution < 1.29 is 32.8 Å². The number of fused-ring (bicyclic) bond motifs is 1. The summed E-state index contributed by atoms with van der Waals surface area (Å²) < 4.78 is 1.92. The van der Waals surface area contributed by atoms with Crippen molar-refractivity contribution in [2.45, 2.75) is 6.92 Å². The van der Waals surface area contributed by atoms with Crippen LogP contribution in [0.1, 0.15) is 5.69 Å². The van der Waals surface area contributed by atoms with Crippen LogP contribution in [0.4, 0.5) is 0 Å². The first-order valence-corrected chi connectivity index (χ1v) is 6.76. The summed E-state index contributed by atoms with van der Waals surface area (Å²) in [5.74, 6) is -0.707. The van der Waals surface area contributed by atoms with Crippen LogP contribution < -0.4 is 12.4 Å². The standard InChI is InChI=1S/C17H15NO4.ClH/c1-9-12-8-17(22)16(21)7-11(12)5-13(18(9)2)10-3-4-14(19)15(20)6-10;/h3-8H,1-2H3,(H3-,19,20,21,22);1H. The first-order valence-electron chi connectivity index (χ1n) is 6.76. The Hall–Kier alpha value is -2.66. The van der Waals surface area contributed by atoms with E-state index in [4.69, 9.17) is 0 Å². The van der Waals surface area contributed by atoms with Gasteiger partial charge in [-0.1, -0.05) is 0 Å². The van der Waals surface area contributed by atoms with Crippen molar-refractivity contribution in [2.24, 2.45) is 7.05 Å². The Balaban J connectivity index is 0.00000192. The van der Waals surface area contributed by atoms with Gasteiger partial charge in [0.1, 0.15) is 16.8 Å². The molecule has 0 saturated carbocycles. The number of aryl methyl sites for hydroxylation is 1. The summed E-state index contributed by atoms with van der Waals surface area (Å²) in [5.41, 5.74) is 2.44. The predicted molar refractivity (Wildman–Crippen MR) is 84.2 cm³/mol. The van der Waals surface area contributed by atoms with Gasteiger partial charge in [0.05, 0.1) is 17.5 Å². The Morgan fingerprint density at radius 3 is 2.09 bits per heavy atom. The molecule has 0 unspecified atom stereocenters. The maximum Gasteiger partial charge on any atom is 0.203 e. The van der Waals surface area contributed by atoms with E-state index in [1.54, 1.807) is 6.07 Å². The number of pyridine rings is 1. The van der Waals surface area contributed by atoms with Crippen molar-refractivity contribution in [3.63, 3.8) is 0 Å². The van der Waals surface area contributed by atoms with E-state index in [1.807, 2.05) is 24.6 Å². The molecule has 3 rings (SSSR count). The number of aromatic nitrogens is 1. The molecular formula is C17H16ClNO4. The Labute approximate surface area is 139 Å². The molecule has 0 saturated heterocycles. The van der Waals surface area contributed by atoms with Crippen LogP contribution in [0.3, 0.4) is 0 Å². The SMILES string of the molecule is C[c+]1c2cc(O)c(O)cc2cc(-c2ccc(O)c(O)c2)n1C.[Cl-]. The zero-order valence-electron chi connectivity index (χ0n) is 12.6. The highest BCUT2D eigenvalue weighted by molar-refractivity contribution is 5.91. The van der Waals surface area contributed by atoms with Gasteiger partial charge in [-0.3, -0.25) is 4.57 Å². The molecule has 1 heterocycles. The van der Waals surface area contributed by atoms with Gasteiger partial charge in [-0.05, 0) is 12.1 Å². The number of hydrogen-bond donors (Lipinski definition) is 4. The summed E-state index contributed by atoms with van der Waals surface area (Å²) in [6.07, 6.45) is 0. The maximum absolute atomic E-state index is 9.69. The molecule has 0 spiro atoms. The molecule has 0 aliphatic heterocycles. The molecule has 3 aromatic rings. The van der Waals surface area contributed by atoms with Crippen LogP contribution in [0.5, 0.6) is 23.0 Å². The maximum atomic E-state index is 9.69. The van der Waals surface area contributed by atoms with Gasteiger partial charge in [-0.25, -0.2) is 0 Å². The second-order valence-electron chi connectivity index (χ2n) is 5.31. The van der Waals surface area contributed by atoms with E-state index in [2.05, 4.69) is 0 Å². The molecule has 0 fully saturated rings. The molecule has 6 heteroatoms. The topological polar surface area (TPSA) is 85.8 Å². The van der Waals surface area contributed by atoms with E-state index < -0.39 is 0 Å². The van der Waals surface area contributed by atoms with Crippen molar-refractivity contribution >= 4 is 10.8 Å². The van der Waals surface area contributed by atoms with Crippen LogP contribution in [0.2, 0.25) is 0 Å². The van der Waals surface area contributed by atoms with Gasteiger partial charge in [-0.2, -0.15) is 0 Å². The lowest BCUT2D eigenvalue weighted by Crippen LogP contribution is -3.00. The van der Waals surface area contributed by atoms with Crippen molar-refractivity contribution in [2.75, 3.05) is 0 Å². The molecule has 120 valence electrons. The van der Waals surface area contributed by atoms with E-state index in [9.17, 15) is 20.4 Å². The van der Waals surface area contributed by atoms with Gasteiger partial charge in [-0.15, -0.1) is 0 Å². The monoisotopic (exact) mass is 333 g/mol. The highest BCUT2D eigenvalue weighted by atomic mass is 35.5. The molecule has 2 aromatic carbocycles. The molecule has 0 radical (unpaired) electrons. The molecule has 0 aliphatic carbocycles. The smallest absolute Gasteiger partial charge is 0.203 e. The van der Waals surface area contributed by atoms with Crippen molar-refractivity contribution in [3.05, 3.63) is 42.1 Å². The van der Waals surface area contributed by atoms with E-state index in [1.165, 1.54) is 24.3 Å². The predicted octanol–water partition coefficient (Wildman–Crippen LogP) is 0.261. The van der Waals surface area contributed by atoms with Gasteiger partial charge in [0.2, 0.25) is 5.75 Å². The lowest BCUT2D eigenvalue weighted by Gasteiger charge is -2.10. The Kier molecular flexibility index (Phi) is 4.25. The zero-order chi connectivity index (χ0) is 16.0. The van der Waals surface area contributed by atoms with Gasteiger partial charge >= 0.3 is 0 Å². The Morgan fingerprint density at radius 2 is 1.43 bits per heavy atom. The van der Waals surface area contributed by atoms with Crippen LogP contribution in [0.25, 0.3) is 22.0 Å². The second kappa shape index (κ2) is 5.85. The molecule has 0 atom stereocenters. The fraction of sp³-hybridized carbons (Fsp3) is 0.118. The third-order valence-corrected chi connectivity index (χ3v) is 3.96. The number of halogens is 1.